The molecule has 1 aromatic carbocycles. The van der Waals surface area contributed by atoms with Crippen molar-refractivity contribution < 1.29 is 9.90 Å². The first-order valence-corrected chi connectivity index (χ1v) is 7.38. The number of carboxylic acids is 1. The quantitative estimate of drug-likeness (QED) is 0.861. The molecular weight excluding hydrogens is 236 g/mol. The van der Waals surface area contributed by atoms with Gasteiger partial charge in [-0.1, -0.05) is 44.5 Å². The molecule has 2 atom stereocenters. The summed E-state index contributed by atoms with van der Waals surface area (Å²) >= 11 is 0. The second-order valence-corrected chi connectivity index (χ2v) is 6.15. The summed E-state index contributed by atoms with van der Waals surface area (Å²) in [6.07, 6.45) is 4.81. The van der Waals surface area contributed by atoms with Gasteiger partial charge in [0.25, 0.3) is 0 Å². The predicted molar refractivity (Wildman–Crippen MR) is 77.5 cm³/mol. The Kier molecular flexibility index (Phi) is 4.62. The summed E-state index contributed by atoms with van der Waals surface area (Å²) in [6, 6.07) is 8.92. The van der Waals surface area contributed by atoms with Crippen LogP contribution >= 0.6 is 0 Å². The molecule has 2 rings (SSSR count). The zero-order valence-corrected chi connectivity index (χ0v) is 11.9. The van der Waals surface area contributed by atoms with Crippen LogP contribution in [0.5, 0.6) is 0 Å². The van der Waals surface area contributed by atoms with E-state index in [0.717, 1.165) is 19.3 Å². The van der Waals surface area contributed by atoms with E-state index in [1.54, 1.807) is 0 Å². The molecule has 1 fully saturated rings. The fraction of sp³-hybridized carbons (Fsp3) is 0.588. The van der Waals surface area contributed by atoms with E-state index >= 15 is 0 Å². The highest BCUT2D eigenvalue weighted by Crippen LogP contribution is 2.37. The van der Waals surface area contributed by atoms with Gasteiger partial charge < -0.3 is 5.11 Å². The fourth-order valence-corrected chi connectivity index (χ4v) is 3.18. The highest BCUT2D eigenvalue weighted by Gasteiger charge is 2.24. The molecule has 0 amide bonds. The lowest BCUT2D eigenvalue weighted by Gasteiger charge is -2.28. The van der Waals surface area contributed by atoms with Crippen molar-refractivity contribution >= 4 is 5.97 Å². The number of hydrogen-bond acceptors (Lipinski definition) is 1. The maximum Gasteiger partial charge on any atom is 0.303 e. The van der Waals surface area contributed by atoms with Gasteiger partial charge in [0.1, 0.15) is 0 Å². The summed E-state index contributed by atoms with van der Waals surface area (Å²) in [6.45, 7) is 4.41. The second kappa shape index (κ2) is 6.23. The van der Waals surface area contributed by atoms with E-state index in [9.17, 15) is 4.79 Å². The zero-order chi connectivity index (χ0) is 13.8. The number of benzene rings is 1. The van der Waals surface area contributed by atoms with Gasteiger partial charge in [-0.05, 0) is 48.1 Å². The van der Waals surface area contributed by atoms with Gasteiger partial charge in [0.05, 0.1) is 0 Å². The number of hydrogen-bond donors (Lipinski definition) is 1. The normalized spacial score (nSPS) is 23.5. The van der Waals surface area contributed by atoms with Gasteiger partial charge in [0.2, 0.25) is 0 Å². The maximum atomic E-state index is 10.8. The molecule has 0 saturated heterocycles. The molecule has 104 valence electrons. The molecule has 0 bridgehead atoms. The standard InChI is InChI=1S/C17H24O2/c1-12(2)14-6-8-15(9-7-14)16-5-3-4-13(10-16)11-17(18)19/h6-9,12-13,16H,3-5,10-11H2,1-2H3,(H,18,19)/t13-,16+/m0/s1. The van der Waals surface area contributed by atoms with Crippen LogP contribution in [0.15, 0.2) is 24.3 Å². The highest BCUT2D eigenvalue weighted by atomic mass is 16.4. The number of rotatable bonds is 4. The van der Waals surface area contributed by atoms with E-state index in [4.69, 9.17) is 5.11 Å². The summed E-state index contributed by atoms with van der Waals surface area (Å²) in [5.74, 6) is 0.835. The lowest BCUT2D eigenvalue weighted by Crippen LogP contribution is -2.17. The summed E-state index contributed by atoms with van der Waals surface area (Å²) < 4.78 is 0. The monoisotopic (exact) mass is 260 g/mol. The van der Waals surface area contributed by atoms with Gasteiger partial charge in [0, 0.05) is 6.42 Å². The van der Waals surface area contributed by atoms with Crippen LogP contribution in [0.3, 0.4) is 0 Å². The third kappa shape index (κ3) is 3.82. The van der Waals surface area contributed by atoms with Crippen molar-refractivity contribution in [1.82, 2.24) is 0 Å². The van der Waals surface area contributed by atoms with Crippen molar-refractivity contribution in [3.8, 4) is 0 Å². The Hall–Kier alpha value is -1.31. The Morgan fingerprint density at radius 1 is 1.26 bits per heavy atom. The SMILES string of the molecule is CC(C)c1ccc([C@@H]2CCC[C@H](CC(=O)O)C2)cc1. The number of aliphatic carboxylic acids is 1. The highest BCUT2D eigenvalue weighted by molar-refractivity contribution is 5.67. The fourth-order valence-electron chi connectivity index (χ4n) is 3.18. The number of carboxylic acid groups (broad SMARTS) is 1. The Labute approximate surface area is 115 Å². The lowest BCUT2D eigenvalue weighted by molar-refractivity contribution is -0.138. The first-order valence-electron chi connectivity index (χ1n) is 7.38. The summed E-state index contributed by atoms with van der Waals surface area (Å²) in [5, 5.41) is 8.92. The van der Waals surface area contributed by atoms with E-state index in [1.807, 2.05) is 0 Å². The molecule has 0 aliphatic heterocycles. The van der Waals surface area contributed by atoms with E-state index in [1.165, 1.54) is 17.5 Å². The van der Waals surface area contributed by atoms with E-state index < -0.39 is 5.97 Å². The third-order valence-corrected chi connectivity index (χ3v) is 4.32. The van der Waals surface area contributed by atoms with Gasteiger partial charge in [-0.15, -0.1) is 0 Å². The van der Waals surface area contributed by atoms with Crippen LogP contribution in [0, 0.1) is 5.92 Å². The van der Waals surface area contributed by atoms with Gasteiger partial charge in [-0.2, -0.15) is 0 Å². The average Bonchev–Trinajstić information content (AvgIpc) is 2.38. The predicted octanol–water partition coefficient (Wildman–Crippen LogP) is 4.56. The lowest BCUT2D eigenvalue weighted by atomic mass is 9.76. The average molecular weight is 260 g/mol. The van der Waals surface area contributed by atoms with Crippen LogP contribution in [-0.4, -0.2) is 11.1 Å². The topological polar surface area (TPSA) is 37.3 Å². The zero-order valence-electron chi connectivity index (χ0n) is 11.9. The van der Waals surface area contributed by atoms with Crippen LogP contribution in [0.4, 0.5) is 0 Å². The van der Waals surface area contributed by atoms with E-state index in [0.29, 0.717) is 24.2 Å². The van der Waals surface area contributed by atoms with Crippen LogP contribution in [-0.2, 0) is 4.79 Å². The maximum absolute atomic E-state index is 10.8. The summed E-state index contributed by atoms with van der Waals surface area (Å²) in [7, 11) is 0. The second-order valence-electron chi connectivity index (χ2n) is 6.15. The Morgan fingerprint density at radius 3 is 2.53 bits per heavy atom. The molecule has 1 aromatic rings. The molecule has 0 aromatic heterocycles. The van der Waals surface area contributed by atoms with Gasteiger partial charge in [0.15, 0.2) is 0 Å². The largest absolute Gasteiger partial charge is 0.481 e. The Morgan fingerprint density at radius 2 is 1.95 bits per heavy atom. The van der Waals surface area contributed by atoms with E-state index in [-0.39, 0.29) is 0 Å². The molecule has 1 N–H and O–H groups in total. The minimum Gasteiger partial charge on any atom is -0.481 e. The molecule has 0 radical (unpaired) electrons. The molecule has 0 spiro atoms. The summed E-state index contributed by atoms with van der Waals surface area (Å²) in [5.41, 5.74) is 2.76. The van der Waals surface area contributed by atoms with Crippen molar-refractivity contribution in [2.75, 3.05) is 0 Å². The van der Waals surface area contributed by atoms with Crippen molar-refractivity contribution in [1.29, 1.82) is 0 Å². The van der Waals surface area contributed by atoms with Crippen LogP contribution < -0.4 is 0 Å². The molecule has 1 aliphatic carbocycles. The van der Waals surface area contributed by atoms with E-state index in [2.05, 4.69) is 38.1 Å². The molecule has 2 nitrogen and oxygen atoms in total. The van der Waals surface area contributed by atoms with Crippen molar-refractivity contribution in [3.05, 3.63) is 35.4 Å². The van der Waals surface area contributed by atoms with Crippen LogP contribution in [0.25, 0.3) is 0 Å². The van der Waals surface area contributed by atoms with Crippen LogP contribution in [0.1, 0.15) is 68.9 Å². The van der Waals surface area contributed by atoms with Crippen molar-refractivity contribution in [2.45, 2.75) is 57.8 Å². The minimum atomic E-state index is -0.652. The first-order chi connectivity index (χ1) is 9.06. The molecule has 2 heteroatoms. The minimum absolute atomic E-state index is 0.334. The van der Waals surface area contributed by atoms with Crippen molar-refractivity contribution in [3.63, 3.8) is 0 Å². The molecule has 0 heterocycles. The first kappa shape index (κ1) is 14.1. The molecule has 1 saturated carbocycles. The van der Waals surface area contributed by atoms with Gasteiger partial charge in [-0.3, -0.25) is 4.79 Å². The van der Waals surface area contributed by atoms with Crippen molar-refractivity contribution in [2.24, 2.45) is 5.92 Å². The van der Waals surface area contributed by atoms with Gasteiger partial charge >= 0.3 is 5.97 Å². The molecule has 1 aliphatic rings. The third-order valence-electron chi connectivity index (χ3n) is 4.32. The Balaban J connectivity index is 2.02. The van der Waals surface area contributed by atoms with Gasteiger partial charge in [-0.25, -0.2) is 0 Å². The number of carbonyl (C=O) groups is 1. The Bertz CT molecular complexity index is 419. The molecular formula is C17H24O2. The molecule has 19 heavy (non-hydrogen) atoms. The smallest absolute Gasteiger partial charge is 0.303 e. The van der Waals surface area contributed by atoms with Crippen LogP contribution in [0.2, 0.25) is 0 Å². The molecule has 0 unspecified atom stereocenters. The summed E-state index contributed by atoms with van der Waals surface area (Å²) in [4.78, 5) is 10.8.